The summed E-state index contributed by atoms with van der Waals surface area (Å²) in [5.41, 5.74) is 9.55. The first kappa shape index (κ1) is 22.8. The molecule has 1 amide bonds. The lowest BCUT2D eigenvalue weighted by atomic mass is 9.82. The summed E-state index contributed by atoms with van der Waals surface area (Å²) in [6, 6.07) is 0. The van der Waals surface area contributed by atoms with E-state index in [0.717, 1.165) is 6.20 Å². The number of carbonyl (C=O) groups excluding carboxylic acids is 1. The minimum atomic E-state index is -4.98. The number of hydrogen-bond acceptors (Lipinski definition) is 7. The van der Waals surface area contributed by atoms with Gasteiger partial charge in [0, 0.05) is 30.3 Å². The van der Waals surface area contributed by atoms with Crippen molar-refractivity contribution in [3.63, 3.8) is 0 Å². The number of amides is 1. The summed E-state index contributed by atoms with van der Waals surface area (Å²) < 4.78 is 78.3. The molecular formula is C17H18F6N6O2. The first-order valence-electron chi connectivity index (χ1n) is 9.07. The van der Waals surface area contributed by atoms with Crippen molar-refractivity contribution in [3.05, 3.63) is 29.4 Å². The number of halogens is 6. The van der Waals surface area contributed by atoms with Crippen LogP contribution in [-0.2, 0) is 11.0 Å². The first-order chi connectivity index (χ1) is 14.3. The molecule has 0 aromatic carbocycles. The molecule has 1 aromatic rings. The third kappa shape index (κ3) is 4.57. The summed E-state index contributed by atoms with van der Waals surface area (Å²) in [5.74, 6) is -5.06. The van der Waals surface area contributed by atoms with Gasteiger partial charge in [-0.05, 0) is 12.8 Å². The molecule has 0 aliphatic carbocycles. The lowest BCUT2D eigenvalue weighted by molar-refractivity contribution is -0.190. The van der Waals surface area contributed by atoms with E-state index in [-0.39, 0.29) is 37.4 Å². The van der Waals surface area contributed by atoms with Gasteiger partial charge in [0.2, 0.25) is 0 Å². The van der Waals surface area contributed by atoms with Gasteiger partial charge in [-0.3, -0.25) is 4.79 Å². The maximum atomic E-state index is 13.5. The smallest absolute Gasteiger partial charge is 0.401 e. The SMILES string of the molecule is NC1=NC(=O)[C@H](O)C(C(F)(F)F)C1=C(N)C1CCN(c2cnc(C(F)(F)F)cn2)CC1. The van der Waals surface area contributed by atoms with Crippen molar-refractivity contribution in [2.45, 2.75) is 31.3 Å². The minimum Gasteiger partial charge on any atom is -0.401 e. The Hall–Kier alpha value is -2.90. The molecule has 8 nitrogen and oxygen atoms in total. The number of carbonyl (C=O) groups is 1. The first-order valence-corrected chi connectivity index (χ1v) is 9.07. The minimum absolute atomic E-state index is 0.186. The predicted molar refractivity (Wildman–Crippen MR) is 95.4 cm³/mol. The van der Waals surface area contributed by atoms with Crippen LogP contribution in [0, 0.1) is 11.8 Å². The zero-order valence-corrected chi connectivity index (χ0v) is 15.8. The largest absolute Gasteiger partial charge is 0.434 e. The van der Waals surface area contributed by atoms with Gasteiger partial charge in [0.25, 0.3) is 5.91 Å². The Balaban J connectivity index is 1.80. The maximum Gasteiger partial charge on any atom is 0.434 e. The highest BCUT2D eigenvalue weighted by Crippen LogP contribution is 2.40. The maximum absolute atomic E-state index is 13.5. The van der Waals surface area contributed by atoms with E-state index in [0.29, 0.717) is 6.20 Å². The van der Waals surface area contributed by atoms with Crippen molar-refractivity contribution >= 4 is 17.6 Å². The Morgan fingerprint density at radius 2 is 1.71 bits per heavy atom. The highest BCUT2D eigenvalue weighted by atomic mass is 19.4. The second-order valence-corrected chi connectivity index (χ2v) is 7.19. The van der Waals surface area contributed by atoms with Crippen LogP contribution in [0.2, 0.25) is 0 Å². The van der Waals surface area contributed by atoms with Crippen LogP contribution in [0.1, 0.15) is 18.5 Å². The highest BCUT2D eigenvalue weighted by Gasteiger charge is 2.53. The van der Waals surface area contributed by atoms with Crippen LogP contribution < -0.4 is 16.4 Å². The molecule has 0 radical (unpaired) electrons. The number of aromatic nitrogens is 2. The van der Waals surface area contributed by atoms with Gasteiger partial charge >= 0.3 is 12.4 Å². The van der Waals surface area contributed by atoms with Gasteiger partial charge in [0.15, 0.2) is 11.8 Å². The summed E-state index contributed by atoms with van der Waals surface area (Å²) in [6.45, 7) is 0.460. The van der Waals surface area contributed by atoms with E-state index < -0.39 is 53.3 Å². The fraction of sp³-hybridized carbons (Fsp3) is 0.529. The number of aliphatic hydroxyl groups is 1. The lowest BCUT2D eigenvalue weighted by Gasteiger charge is -2.36. The van der Waals surface area contributed by atoms with Gasteiger partial charge in [-0.15, -0.1) is 0 Å². The average Bonchev–Trinajstić information content (AvgIpc) is 2.68. The summed E-state index contributed by atoms with van der Waals surface area (Å²) in [4.78, 5) is 23.5. The quantitative estimate of drug-likeness (QED) is 0.578. The molecule has 0 spiro atoms. The van der Waals surface area contributed by atoms with Crippen LogP contribution in [0.15, 0.2) is 28.7 Å². The zero-order chi connectivity index (χ0) is 23.1. The molecule has 1 saturated heterocycles. The number of aliphatic hydroxyl groups excluding tert-OH is 1. The summed E-state index contributed by atoms with van der Waals surface area (Å²) >= 11 is 0. The van der Waals surface area contributed by atoms with Crippen LogP contribution in [0.4, 0.5) is 32.2 Å². The third-order valence-electron chi connectivity index (χ3n) is 5.24. The van der Waals surface area contributed by atoms with E-state index in [4.69, 9.17) is 11.5 Å². The van der Waals surface area contributed by atoms with Crippen molar-refractivity contribution in [2.75, 3.05) is 18.0 Å². The number of piperidine rings is 1. The summed E-state index contributed by atoms with van der Waals surface area (Å²) in [7, 11) is 0. The number of aliphatic imine (C=N–C) groups is 1. The number of nitrogens with two attached hydrogens (primary N) is 2. The molecule has 31 heavy (non-hydrogen) atoms. The Kier molecular flexibility index (Phi) is 5.86. The van der Waals surface area contributed by atoms with E-state index in [1.54, 1.807) is 4.90 Å². The van der Waals surface area contributed by atoms with E-state index in [9.17, 15) is 36.2 Å². The highest BCUT2D eigenvalue weighted by molar-refractivity contribution is 6.09. The zero-order valence-electron chi connectivity index (χ0n) is 15.8. The van der Waals surface area contributed by atoms with Crippen LogP contribution in [0.5, 0.6) is 0 Å². The van der Waals surface area contributed by atoms with Gasteiger partial charge in [-0.1, -0.05) is 0 Å². The molecule has 1 fully saturated rings. The van der Waals surface area contributed by atoms with Gasteiger partial charge in [-0.25, -0.2) is 9.97 Å². The average molecular weight is 452 g/mol. The van der Waals surface area contributed by atoms with Crippen LogP contribution in [0.25, 0.3) is 0 Å². The Morgan fingerprint density at radius 3 is 2.19 bits per heavy atom. The molecule has 2 atom stereocenters. The van der Waals surface area contributed by atoms with Crippen molar-refractivity contribution in [1.82, 2.24) is 9.97 Å². The van der Waals surface area contributed by atoms with Gasteiger partial charge in [-0.2, -0.15) is 31.3 Å². The molecular weight excluding hydrogens is 434 g/mol. The summed E-state index contributed by atoms with van der Waals surface area (Å²) in [5, 5.41) is 9.75. The molecule has 3 heterocycles. The van der Waals surface area contributed by atoms with Gasteiger partial charge in [0.1, 0.15) is 17.6 Å². The van der Waals surface area contributed by atoms with Crippen molar-refractivity contribution in [3.8, 4) is 0 Å². The van der Waals surface area contributed by atoms with E-state index in [2.05, 4.69) is 15.0 Å². The summed E-state index contributed by atoms with van der Waals surface area (Å²) in [6.07, 6.45) is -10.0. The second kappa shape index (κ2) is 7.98. The molecule has 1 unspecified atom stereocenters. The fourth-order valence-corrected chi connectivity index (χ4v) is 3.65. The van der Waals surface area contributed by atoms with E-state index in [1.165, 1.54) is 0 Å². The Bertz CT molecular complexity index is 903. The molecule has 170 valence electrons. The van der Waals surface area contributed by atoms with Gasteiger partial charge < -0.3 is 21.5 Å². The number of rotatable bonds is 2. The molecule has 1 aromatic heterocycles. The van der Waals surface area contributed by atoms with Crippen LogP contribution >= 0.6 is 0 Å². The van der Waals surface area contributed by atoms with Gasteiger partial charge in [0.05, 0.1) is 12.4 Å². The molecule has 2 aliphatic rings. The third-order valence-corrected chi connectivity index (χ3v) is 5.24. The Morgan fingerprint density at radius 1 is 1.10 bits per heavy atom. The standard InChI is InChI=1S/C17H18F6N6O2/c18-16(19,20)8-5-27-9(6-26-8)29-3-1-7(2-4-29)12(24)10-11(17(21,22)23)13(30)15(31)28-14(10)25/h5-7,11,13,30H,1-4,24H2,(H2,25,28,31)/t11?,13-/m1/s1. The molecule has 0 bridgehead atoms. The van der Waals surface area contributed by atoms with Crippen molar-refractivity contribution < 1.29 is 36.2 Å². The van der Waals surface area contributed by atoms with E-state index >= 15 is 0 Å². The molecule has 5 N–H and O–H groups in total. The Labute approximate surface area is 171 Å². The number of amidine groups is 1. The number of allylic oxidation sites excluding steroid dienone is 1. The van der Waals surface area contributed by atoms with Crippen molar-refractivity contribution in [1.29, 1.82) is 0 Å². The molecule has 3 rings (SSSR count). The van der Waals surface area contributed by atoms with Crippen LogP contribution in [0.3, 0.4) is 0 Å². The van der Waals surface area contributed by atoms with Crippen LogP contribution in [-0.4, -0.2) is 52.2 Å². The van der Waals surface area contributed by atoms with Crippen molar-refractivity contribution in [2.24, 2.45) is 28.3 Å². The lowest BCUT2D eigenvalue weighted by Crippen LogP contribution is -2.49. The topological polar surface area (TPSA) is 131 Å². The normalized spacial score (nSPS) is 25.5. The molecule has 0 saturated carbocycles. The second-order valence-electron chi connectivity index (χ2n) is 7.19. The number of alkyl halides is 6. The predicted octanol–water partition coefficient (Wildman–Crippen LogP) is 1.36. The molecule has 2 aliphatic heterocycles. The van der Waals surface area contributed by atoms with E-state index in [1.807, 2.05) is 0 Å². The monoisotopic (exact) mass is 452 g/mol. The number of hydrogen-bond donors (Lipinski definition) is 3. The molecule has 14 heteroatoms. The number of nitrogens with zero attached hydrogens (tertiary/aromatic N) is 4. The fourth-order valence-electron chi connectivity index (χ4n) is 3.65. The number of anilines is 1.